The molecule has 0 saturated carbocycles. The maximum Gasteiger partial charge on any atom is 0.305 e. The van der Waals surface area contributed by atoms with Crippen molar-refractivity contribution >= 4 is 5.97 Å². The molecule has 0 atom stereocenters. The Hall–Kier alpha value is -1.33. The second kappa shape index (κ2) is 13.7. The molecule has 0 radical (unpaired) electrons. The van der Waals surface area contributed by atoms with Gasteiger partial charge in [-0.25, -0.2) is 0 Å². The van der Waals surface area contributed by atoms with Crippen LogP contribution in [0.2, 0.25) is 0 Å². The summed E-state index contributed by atoms with van der Waals surface area (Å²) in [5, 5.41) is 8.85. The number of hydrogen-bond donors (Lipinski definition) is 0. The zero-order valence-electron chi connectivity index (χ0n) is 10.2. The van der Waals surface area contributed by atoms with Crippen molar-refractivity contribution in [3.05, 3.63) is 10.1 Å². The van der Waals surface area contributed by atoms with Gasteiger partial charge in [-0.1, -0.05) is 27.2 Å². The molecule has 0 aromatic heterocycles. The van der Waals surface area contributed by atoms with E-state index in [1.807, 2.05) is 20.8 Å². The predicted octanol–water partition coefficient (Wildman–Crippen LogP) is 2.34. The monoisotopic (exact) mass is 235 g/mol. The molecule has 0 saturated heterocycles. The number of esters is 1. The molecule has 16 heavy (non-hydrogen) atoms. The number of unbranched alkanes of at least 4 members (excludes halogenated alkanes) is 1. The maximum absolute atomic E-state index is 10.9. The van der Waals surface area contributed by atoms with E-state index in [4.69, 9.17) is 4.74 Å². The van der Waals surface area contributed by atoms with Gasteiger partial charge in [0, 0.05) is 6.42 Å². The number of rotatable bonds is 8. The number of nitrogens with zero attached hydrogens (tertiary/aromatic N) is 1. The minimum Gasteiger partial charge on any atom is -0.466 e. The zero-order chi connectivity index (χ0) is 12.8. The lowest BCUT2D eigenvalue weighted by Gasteiger charge is -2.02. The number of carbonyl (C=O) groups excluding carboxylic acids is 1. The van der Waals surface area contributed by atoms with E-state index in [0.29, 0.717) is 13.0 Å². The smallest absolute Gasteiger partial charge is 0.305 e. The molecule has 6 heteroatoms. The molecule has 0 rings (SSSR count). The fourth-order valence-corrected chi connectivity index (χ4v) is 0.758. The van der Waals surface area contributed by atoms with Crippen molar-refractivity contribution in [3.63, 3.8) is 0 Å². The first-order chi connectivity index (χ1) is 7.66. The average molecular weight is 235 g/mol. The largest absolute Gasteiger partial charge is 0.466 e. The summed E-state index contributed by atoms with van der Waals surface area (Å²) in [6.45, 7) is 6.36. The van der Waals surface area contributed by atoms with Crippen LogP contribution in [0.15, 0.2) is 0 Å². The van der Waals surface area contributed by atoms with Crippen molar-refractivity contribution in [2.24, 2.45) is 0 Å². The van der Waals surface area contributed by atoms with Gasteiger partial charge in [0.1, 0.15) is 0 Å². The van der Waals surface area contributed by atoms with Crippen LogP contribution in [0, 0.1) is 10.1 Å². The van der Waals surface area contributed by atoms with Crippen molar-refractivity contribution in [2.45, 2.75) is 46.5 Å². The van der Waals surface area contributed by atoms with Crippen molar-refractivity contribution in [1.29, 1.82) is 0 Å². The lowest BCUT2D eigenvalue weighted by atomic mass is 10.3. The Balaban J connectivity index is 0. The van der Waals surface area contributed by atoms with Gasteiger partial charge >= 0.3 is 5.97 Å². The van der Waals surface area contributed by atoms with Gasteiger partial charge in [0.2, 0.25) is 0 Å². The summed E-state index contributed by atoms with van der Waals surface area (Å²) in [7, 11) is 0. The molecule has 0 aromatic carbocycles. The number of carbonyl (C=O) groups is 1. The molecular weight excluding hydrogens is 214 g/mol. The number of hydrogen-bond acceptors (Lipinski definition) is 5. The third kappa shape index (κ3) is 15.2. The van der Waals surface area contributed by atoms with Gasteiger partial charge < -0.3 is 9.57 Å². The summed E-state index contributed by atoms with van der Waals surface area (Å²) in [5.74, 6) is -0.328. The molecule has 0 bridgehead atoms. The van der Waals surface area contributed by atoms with Crippen molar-refractivity contribution in [2.75, 3.05) is 13.2 Å². The molecule has 0 aliphatic rings. The lowest BCUT2D eigenvalue weighted by Crippen LogP contribution is -2.08. The molecule has 6 nitrogen and oxygen atoms in total. The Morgan fingerprint density at radius 1 is 1.25 bits per heavy atom. The summed E-state index contributed by atoms with van der Waals surface area (Å²) in [6.07, 6.45) is 2.29. The van der Waals surface area contributed by atoms with Crippen LogP contribution in [-0.2, 0) is 14.4 Å². The van der Waals surface area contributed by atoms with Crippen LogP contribution < -0.4 is 0 Å². The SMILES string of the molecule is CC.CCCCOC(=O)CCCO[N+](=O)[O-]. The Morgan fingerprint density at radius 2 is 1.88 bits per heavy atom. The molecule has 0 unspecified atom stereocenters. The quantitative estimate of drug-likeness (QED) is 0.279. The van der Waals surface area contributed by atoms with Gasteiger partial charge in [-0.05, 0) is 12.8 Å². The van der Waals surface area contributed by atoms with Crippen LogP contribution in [-0.4, -0.2) is 24.3 Å². The van der Waals surface area contributed by atoms with Gasteiger partial charge in [-0.15, -0.1) is 10.1 Å². The van der Waals surface area contributed by atoms with Crippen LogP contribution >= 0.6 is 0 Å². The summed E-state index contributed by atoms with van der Waals surface area (Å²) in [6, 6.07) is 0. The van der Waals surface area contributed by atoms with Crippen LogP contribution in [0.4, 0.5) is 0 Å². The molecule has 0 heterocycles. The van der Waals surface area contributed by atoms with E-state index in [9.17, 15) is 14.9 Å². The van der Waals surface area contributed by atoms with E-state index in [1.54, 1.807) is 0 Å². The number of ether oxygens (including phenoxy) is 1. The van der Waals surface area contributed by atoms with Gasteiger partial charge in [0.05, 0.1) is 13.2 Å². The highest BCUT2D eigenvalue weighted by Crippen LogP contribution is 1.96. The normalized spacial score (nSPS) is 8.69. The van der Waals surface area contributed by atoms with Gasteiger partial charge in [-0.3, -0.25) is 4.79 Å². The first kappa shape index (κ1) is 17.1. The summed E-state index contributed by atoms with van der Waals surface area (Å²) >= 11 is 0. The van der Waals surface area contributed by atoms with Crippen LogP contribution in [0.1, 0.15) is 46.5 Å². The third-order valence-electron chi connectivity index (χ3n) is 1.48. The fourth-order valence-electron chi connectivity index (χ4n) is 0.758. The van der Waals surface area contributed by atoms with E-state index in [2.05, 4.69) is 4.84 Å². The summed E-state index contributed by atoms with van der Waals surface area (Å²) < 4.78 is 4.83. The highest BCUT2D eigenvalue weighted by molar-refractivity contribution is 5.69. The second-order valence-electron chi connectivity index (χ2n) is 2.73. The highest BCUT2D eigenvalue weighted by Gasteiger charge is 2.02. The van der Waals surface area contributed by atoms with E-state index in [0.717, 1.165) is 12.8 Å². The summed E-state index contributed by atoms with van der Waals surface area (Å²) in [5.41, 5.74) is 0. The minimum absolute atomic E-state index is 0.0596. The predicted molar refractivity (Wildman–Crippen MR) is 59.4 cm³/mol. The average Bonchev–Trinajstić information content (AvgIpc) is 2.27. The van der Waals surface area contributed by atoms with Crippen molar-refractivity contribution < 1.29 is 19.5 Å². The first-order valence-electron chi connectivity index (χ1n) is 5.59. The molecule has 0 amide bonds. The fraction of sp³-hybridized carbons (Fsp3) is 0.900. The Bertz CT molecular complexity index is 184. The highest BCUT2D eigenvalue weighted by atomic mass is 16.9. The van der Waals surface area contributed by atoms with E-state index in [-0.39, 0.29) is 19.0 Å². The van der Waals surface area contributed by atoms with Gasteiger partial charge in [0.25, 0.3) is 5.09 Å². The standard InChI is InChI=1S/C8H15NO5.C2H6/c1-2-3-6-13-8(10)5-4-7-14-9(11)12;1-2/h2-7H2,1H3;1-2H3. The second-order valence-corrected chi connectivity index (χ2v) is 2.73. The molecule has 96 valence electrons. The van der Waals surface area contributed by atoms with Crippen LogP contribution in [0.25, 0.3) is 0 Å². The maximum atomic E-state index is 10.9. The first-order valence-corrected chi connectivity index (χ1v) is 5.59. The van der Waals surface area contributed by atoms with Crippen LogP contribution in [0.5, 0.6) is 0 Å². The van der Waals surface area contributed by atoms with Crippen molar-refractivity contribution in [3.8, 4) is 0 Å². The molecular formula is C10H21NO5. The van der Waals surface area contributed by atoms with E-state index >= 15 is 0 Å². The molecule has 0 aromatic rings. The molecule has 0 N–H and O–H groups in total. The Morgan fingerprint density at radius 3 is 2.38 bits per heavy atom. The van der Waals surface area contributed by atoms with Crippen LogP contribution in [0.3, 0.4) is 0 Å². The topological polar surface area (TPSA) is 78.7 Å². The van der Waals surface area contributed by atoms with E-state index in [1.165, 1.54) is 0 Å². The van der Waals surface area contributed by atoms with Crippen molar-refractivity contribution in [1.82, 2.24) is 0 Å². The Labute approximate surface area is 96.0 Å². The molecule has 0 aliphatic carbocycles. The van der Waals surface area contributed by atoms with Gasteiger partial charge in [-0.2, -0.15) is 0 Å². The lowest BCUT2D eigenvalue weighted by molar-refractivity contribution is -0.757. The zero-order valence-corrected chi connectivity index (χ0v) is 10.2. The molecule has 0 fully saturated rings. The minimum atomic E-state index is -0.873. The molecule has 0 aliphatic heterocycles. The van der Waals surface area contributed by atoms with Gasteiger partial charge in [0.15, 0.2) is 0 Å². The Kier molecular flexibility index (Phi) is 14.6. The summed E-state index contributed by atoms with van der Waals surface area (Å²) in [4.78, 5) is 24.7. The third-order valence-corrected chi connectivity index (χ3v) is 1.48. The van der Waals surface area contributed by atoms with E-state index < -0.39 is 5.09 Å². The molecule has 0 spiro atoms.